The average Bonchev–Trinajstić information content (AvgIpc) is 2.57. The van der Waals surface area contributed by atoms with Crippen LogP contribution < -0.4 is 5.73 Å². The van der Waals surface area contributed by atoms with Gasteiger partial charge in [-0.25, -0.2) is 12.8 Å². The lowest BCUT2D eigenvalue weighted by Gasteiger charge is -2.39. The highest BCUT2D eigenvalue weighted by Gasteiger charge is 2.62. The highest BCUT2D eigenvalue weighted by molar-refractivity contribution is 7.94. The largest absolute Gasteiger partial charge is 0.399 e. The molecule has 1 aromatic rings. The summed E-state index contributed by atoms with van der Waals surface area (Å²) in [7, 11) is -3.40. The minimum atomic E-state index is -3.40. The van der Waals surface area contributed by atoms with Crippen molar-refractivity contribution in [3.8, 4) is 0 Å². The molecule has 4 nitrogen and oxygen atoms in total. The second kappa shape index (κ2) is 4.06. The number of hydrogen-bond donors (Lipinski definition) is 1. The molecule has 21 heavy (non-hydrogen) atoms. The molecule has 2 heterocycles. The third-order valence-electron chi connectivity index (χ3n) is 5.21. The minimum absolute atomic E-state index is 0.263. The van der Waals surface area contributed by atoms with Gasteiger partial charge in [-0.05, 0) is 51.8 Å². The van der Waals surface area contributed by atoms with Crippen LogP contribution >= 0.6 is 0 Å². The summed E-state index contributed by atoms with van der Waals surface area (Å²) in [4.78, 5) is 4.62. The lowest BCUT2D eigenvalue weighted by atomic mass is 9.86. The van der Waals surface area contributed by atoms with E-state index in [-0.39, 0.29) is 5.56 Å². The summed E-state index contributed by atoms with van der Waals surface area (Å²) in [6.45, 7) is 5.14. The van der Waals surface area contributed by atoms with Gasteiger partial charge in [-0.1, -0.05) is 0 Å². The molecular weight excluding hydrogens is 291 g/mol. The van der Waals surface area contributed by atoms with Crippen LogP contribution in [0.25, 0.3) is 0 Å². The first-order valence-electron chi connectivity index (χ1n) is 6.99. The fourth-order valence-corrected chi connectivity index (χ4v) is 6.39. The van der Waals surface area contributed by atoms with E-state index in [1.807, 2.05) is 0 Å². The first-order chi connectivity index (χ1) is 9.63. The first-order valence-corrected chi connectivity index (χ1v) is 8.53. The summed E-state index contributed by atoms with van der Waals surface area (Å²) in [6, 6.07) is 4.24. The summed E-state index contributed by atoms with van der Waals surface area (Å²) < 4.78 is 39.1. The monoisotopic (exact) mass is 310 g/mol. The van der Waals surface area contributed by atoms with Crippen LogP contribution in [0.3, 0.4) is 0 Å². The zero-order valence-corrected chi connectivity index (χ0v) is 13.2. The lowest BCUT2D eigenvalue weighted by molar-refractivity contribution is 0.424. The van der Waals surface area contributed by atoms with Crippen LogP contribution in [-0.2, 0) is 15.4 Å². The molecule has 2 bridgehead atoms. The van der Waals surface area contributed by atoms with Crippen LogP contribution in [-0.4, -0.2) is 24.1 Å². The van der Waals surface area contributed by atoms with Crippen LogP contribution in [0, 0.1) is 5.82 Å². The van der Waals surface area contributed by atoms with Gasteiger partial charge < -0.3 is 5.73 Å². The number of nitrogens with two attached hydrogens (primary N) is 1. The van der Waals surface area contributed by atoms with Crippen molar-refractivity contribution in [2.45, 2.75) is 49.1 Å². The van der Waals surface area contributed by atoms with E-state index < -0.39 is 31.2 Å². The van der Waals surface area contributed by atoms with Gasteiger partial charge in [0.1, 0.15) is 16.1 Å². The maximum atomic E-state index is 14.3. The molecule has 6 heteroatoms. The molecule has 2 aliphatic rings. The van der Waals surface area contributed by atoms with E-state index in [2.05, 4.69) is 4.99 Å². The molecule has 1 aromatic carbocycles. The van der Waals surface area contributed by atoms with Crippen LogP contribution in [0.1, 0.15) is 39.2 Å². The summed E-state index contributed by atoms with van der Waals surface area (Å²) in [5, 5.41) is -0.699. The maximum absolute atomic E-state index is 14.3. The number of sulfone groups is 1. The minimum Gasteiger partial charge on any atom is -0.399 e. The van der Waals surface area contributed by atoms with Gasteiger partial charge in [0.2, 0.25) is 0 Å². The zero-order chi connectivity index (χ0) is 15.6. The molecule has 0 aromatic heterocycles. The number of nitrogen functional groups attached to an aromatic ring is 1. The molecule has 3 atom stereocenters. The summed E-state index contributed by atoms with van der Waals surface area (Å²) in [6.07, 6.45) is 1.03. The zero-order valence-electron chi connectivity index (χ0n) is 12.4. The quantitative estimate of drug-likeness (QED) is 0.810. The molecule has 0 saturated carbocycles. The van der Waals surface area contributed by atoms with E-state index in [4.69, 9.17) is 5.73 Å². The Balaban J connectivity index is 2.30. The highest BCUT2D eigenvalue weighted by Crippen LogP contribution is 2.52. The maximum Gasteiger partial charge on any atom is 0.166 e. The number of anilines is 1. The van der Waals surface area contributed by atoms with Gasteiger partial charge in [0.15, 0.2) is 9.84 Å². The second-order valence-electron chi connectivity index (χ2n) is 6.39. The summed E-state index contributed by atoms with van der Waals surface area (Å²) in [5.41, 5.74) is 5.87. The molecule has 1 saturated heterocycles. The molecule has 0 aliphatic carbocycles. The summed E-state index contributed by atoms with van der Waals surface area (Å²) >= 11 is 0. The Morgan fingerprint density at radius 2 is 2.05 bits per heavy atom. The fourth-order valence-electron chi connectivity index (χ4n) is 3.69. The number of nitrogens with zero attached hydrogens (tertiary/aromatic N) is 1. The van der Waals surface area contributed by atoms with Crippen LogP contribution in [0.15, 0.2) is 23.2 Å². The molecular formula is C15H19FN2O2S. The number of hydrogen-bond acceptors (Lipinski definition) is 4. The fraction of sp³-hybridized carbons (Fsp3) is 0.533. The van der Waals surface area contributed by atoms with Crippen molar-refractivity contribution < 1.29 is 12.8 Å². The van der Waals surface area contributed by atoms with Gasteiger partial charge >= 0.3 is 0 Å². The van der Waals surface area contributed by atoms with Gasteiger partial charge in [0, 0.05) is 17.0 Å². The van der Waals surface area contributed by atoms with Crippen LogP contribution in [0.2, 0.25) is 0 Å². The third kappa shape index (κ3) is 1.65. The third-order valence-corrected chi connectivity index (χ3v) is 8.41. The van der Waals surface area contributed by atoms with E-state index >= 15 is 0 Å². The van der Waals surface area contributed by atoms with Gasteiger partial charge in [0.05, 0.1) is 5.25 Å². The Labute approximate surface area is 124 Å². The Kier molecular flexibility index (Phi) is 2.81. The molecule has 0 amide bonds. The topological polar surface area (TPSA) is 72.5 Å². The van der Waals surface area contributed by atoms with Crippen molar-refractivity contribution in [2.75, 3.05) is 5.73 Å². The Bertz CT molecular complexity index is 759. The first kappa shape index (κ1) is 14.5. The van der Waals surface area contributed by atoms with Gasteiger partial charge in [-0.15, -0.1) is 0 Å². The van der Waals surface area contributed by atoms with E-state index in [9.17, 15) is 12.8 Å². The second-order valence-corrected chi connectivity index (χ2v) is 8.95. The SMILES string of the molecule is CC1=N[C@](C)(c2cc(N)ccc2F)[C@H]2CC[C@]1(C)S2(=O)=O. The van der Waals surface area contributed by atoms with Gasteiger partial charge in [-0.3, -0.25) is 4.99 Å². The highest BCUT2D eigenvalue weighted by atomic mass is 32.2. The number of aliphatic imine (C=N–C) groups is 1. The van der Waals surface area contributed by atoms with Gasteiger partial charge in [0.25, 0.3) is 0 Å². The molecule has 0 spiro atoms. The molecule has 2 aliphatic heterocycles. The molecule has 114 valence electrons. The number of fused-ring (bicyclic) bond motifs is 2. The number of rotatable bonds is 1. The standard InChI is InChI=1S/C15H19FN2O2S/c1-9-14(2)7-6-13(21(14,19)20)15(3,18-9)11-8-10(17)4-5-12(11)16/h4-5,8,13H,6-7,17H2,1-3H3/t13-,14+,15-/m1/s1. The van der Waals surface area contributed by atoms with Crippen molar-refractivity contribution in [3.05, 3.63) is 29.6 Å². The number of halogens is 1. The van der Waals surface area contributed by atoms with Crippen molar-refractivity contribution in [1.29, 1.82) is 0 Å². The molecule has 0 unspecified atom stereocenters. The molecule has 2 N–H and O–H groups in total. The molecule has 3 rings (SSSR count). The van der Waals surface area contributed by atoms with Crippen LogP contribution in [0.4, 0.5) is 10.1 Å². The number of benzene rings is 1. The van der Waals surface area contributed by atoms with Crippen molar-refractivity contribution in [3.63, 3.8) is 0 Å². The van der Waals surface area contributed by atoms with Crippen molar-refractivity contribution >= 4 is 21.2 Å². The Morgan fingerprint density at radius 1 is 1.38 bits per heavy atom. The van der Waals surface area contributed by atoms with Gasteiger partial charge in [-0.2, -0.15) is 0 Å². The Hall–Kier alpha value is -1.43. The van der Waals surface area contributed by atoms with Crippen LogP contribution in [0.5, 0.6) is 0 Å². The molecule has 0 radical (unpaired) electrons. The van der Waals surface area contributed by atoms with E-state index in [1.54, 1.807) is 20.8 Å². The predicted molar refractivity (Wildman–Crippen MR) is 81.6 cm³/mol. The van der Waals surface area contributed by atoms with E-state index in [0.717, 1.165) is 0 Å². The van der Waals surface area contributed by atoms with Crippen molar-refractivity contribution in [1.82, 2.24) is 0 Å². The average molecular weight is 310 g/mol. The predicted octanol–water partition coefficient (Wildman–Crippen LogP) is 2.43. The Morgan fingerprint density at radius 3 is 2.71 bits per heavy atom. The van der Waals surface area contributed by atoms with E-state index in [0.29, 0.717) is 24.2 Å². The normalized spacial score (nSPS) is 37.3. The lowest BCUT2D eigenvalue weighted by Crippen LogP contribution is -2.52. The molecule has 1 fully saturated rings. The van der Waals surface area contributed by atoms with E-state index in [1.165, 1.54) is 18.2 Å². The summed E-state index contributed by atoms with van der Waals surface area (Å²) in [5.74, 6) is -0.464. The van der Waals surface area contributed by atoms with Crippen molar-refractivity contribution in [2.24, 2.45) is 4.99 Å². The smallest absolute Gasteiger partial charge is 0.166 e.